The van der Waals surface area contributed by atoms with Gasteiger partial charge in [-0.3, -0.25) is 14.9 Å². The van der Waals surface area contributed by atoms with Gasteiger partial charge < -0.3 is 9.64 Å². The molecule has 0 aliphatic heterocycles. The smallest absolute Gasteiger partial charge is 0.337 e. The van der Waals surface area contributed by atoms with E-state index in [2.05, 4.69) is 15.0 Å². The number of carbonyl (C=O) groups is 3. The molecule has 1 N–H and O–H groups in total. The summed E-state index contributed by atoms with van der Waals surface area (Å²) in [6.45, 7) is 1.71. The number of esters is 1. The highest BCUT2D eigenvalue weighted by atomic mass is 32.1. The number of hydrogen-bond acceptors (Lipinski definition) is 6. The second-order valence-corrected chi connectivity index (χ2v) is 6.16. The van der Waals surface area contributed by atoms with Crippen LogP contribution < -0.4 is 5.32 Å². The van der Waals surface area contributed by atoms with E-state index in [0.29, 0.717) is 21.3 Å². The van der Waals surface area contributed by atoms with Gasteiger partial charge in [0.15, 0.2) is 5.13 Å². The molecule has 0 saturated heterocycles. The van der Waals surface area contributed by atoms with Crippen LogP contribution in [0.2, 0.25) is 0 Å². The Morgan fingerprint density at radius 3 is 2.50 bits per heavy atom. The molecule has 1 heterocycles. The van der Waals surface area contributed by atoms with E-state index >= 15 is 0 Å². The minimum absolute atomic E-state index is 0.168. The van der Waals surface area contributed by atoms with Crippen LogP contribution in [0.5, 0.6) is 0 Å². The number of anilines is 1. The van der Waals surface area contributed by atoms with Crippen molar-refractivity contribution in [1.29, 1.82) is 0 Å². The molecule has 0 aliphatic rings. The van der Waals surface area contributed by atoms with Crippen LogP contribution in [-0.4, -0.2) is 48.9 Å². The number of thiazole rings is 1. The van der Waals surface area contributed by atoms with Gasteiger partial charge in [0.25, 0.3) is 11.8 Å². The number of methoxy groups -OCH3 is 1. The van der Waals surface area contributed by atoms with Crippen molar-refractivity contribution < 1.29 is 19.1 Å². The summed E-state index contributed by atoms with van der Waals surface area (Å²) in [6, 6.07) is 6.17. The molecule has 0 spiro atoms. The van der Waals surface area contributed by atoms with Gasteiger partial charge >= 0.3 is 5.97 Å². The van der Waals surface area contributed by atoms with Gasteiger partial charge in [-0.05, 0) is 25.1 Å². The third kappa shape index (κ3) is 3.77. The van der Waals surface area contributed by atoms with Crippen molar-refractivity contribution in [1.82, 2.24) is 9.88 Å². The van der Waals surface area contributed by atoms with E-state index < -0.39 is 11.9 Å². The molecule has 0 aliphatic carbocycles. The molecule has 24 heavy (non-hydrogen) atoms. The molecule has 0 atom stereocenters. The van der Waals surface area contributed by atoms with Crippen LogP contribution >= 0.6 is 11.3 Å². The minimum Gasteiger partial charge on any atom is -0.465 e. The van der Waals surface area contributed by atoms with E-state index in [9.17, 15) is 14.4 Å². The molecule has 0 radical (unpaired) electrons. The first-order valence-electron chi connectivity index (χ1n) is 7.02. The molecule has 126 valence electrons. The van der Waals surface area contributed by atoms with Gasteiger partial charge in [0.1, 0.15) is 4.88 Å². The number of amides is 2. The Labute approximate surface area is 143 Å². The van der Waals surface area contributed by atoms with Gasteiger partial charge in [-0.2, -0.15) is 0 Å². The third-order valence-corrected chi connectivity index (χ3v) is 4.22. The van der Waals surface area contributed by atoms with Crippen molar-refractivity contribution >= 4 is 34.3 Å². The summed E-state index contributed by atoms with van der Waals surface area (Å²) in [5, 5.41) is 2.97. The van der Waals surface area contributed by atoms with Crippen molar-refractivity contribution in [2.75, 3.05) is 26.5 Å². The summed E-state index contributed by atoms with van der Waals surface area (Å²) in [5.41, 5.74) is 1.13. The maximum Gasteiger partial charge on any atom is 0.337 e. The van der Waals surface area contributed by atoms with Crippen molar-refractivity contribution in [3.8, 4) is 0 Å². The molecule has 0 bridgehead atoms. The molecular formula is C16H17N3O4S. The van der Waals surface area contributed by atoms with Crippen molar-refractivity contribution in [2.45, 2.75) is 6.92 Å². The van der Waals surface area contributed by atoms with E-state index in [1.807, 2.05) is 0 Å². The lowest BCUT2D eigenvalue weighted by Crippen LogP contribution is -2.21. The maximum atomic E-state index is 12.3. The second-order valence-electron chi connectivity index (χ2n) is 5.16. The van der Waals surface area contributed by atoms with Crippen molar-refractivity contribution in [3.05, 3.63) is 46.0 Å². The number of aromatic nitrogens is 1. The van der Waals surface area contributed by atoms with Crippen LogP contribution in [0, 0.1) is 6.92 Å². The molecule has 2 rings (SSSR count). The SMILES string of the molecule is COC(=O)c1cccc(C(=O)Nc2nc(C)c(C(=O)N(C)C)s2)c1. The van der Waals surface area contributed by atoms with E-state index in [1.54, 1.807) is 39.2 Å². The minimum atomic E-state index is -0.520. The summed E-state index contributed by atoms with van der Waals surface area (Å²) in [7, 11) is 4.58. The Kier molecular flexibility index (Phi) is 5.30. The molecule has 1 aromatic carbocycles. The first kappa shape index (κ1) is 17.6. The largest absolute Gasteiger partial charge is 0.465 e. The Morgan fingerprint density at radius 2 is 1.88 bits per heavy atom. The summed E-state index contributed by atoms with van der Waals surface area (Å²) in [5.74, 6) is -1.11. The van der Waals surface area contributed by atoms with Crippen LogP contribution in [0.1, 0.15) is 36.1 Å². The lowest BCUT2D eigenvalue weighted by atomic mass is 10.1. The number of aryl methyl sites for hydroxylation is 1. The Bertz CT molecular complexity index is 798. The standard InChI is InChI=1S/C16H17N3O4S/c1-9-12(14(21)19(2)3)24-16(17-9)18-13(20)10-6-5-7-11(8-10)15(22)23-4/h5-8H,1-4H3,(H,17,18,20). The molecule has 0 fully saturated rings. The molecule has 0 saturated carbocycles. The molecule has 2 aromatic rings. The number of hydrogen-bond donors (Lipinski definition) is 1. The molecule has 2 amide bonds. The molecule has 8 heteroatoms. The number of nitrogens with one attached hydrogen (secondary N) is 1. The second kappa shape index (κ2) is 7.22. The predicted molar refractivity (Wildman–Crippen MR) is 90.6 cm³/mol. The fraction of sp³-hybridized carbons (Fsp3) is 0.250. The number of nitrogens with zero attached hydrogens (tertiary/aromatic N) is 2. The zero-order valence-corrected chi connectivity index (χ0v) is 14.6. The highest BCUT2D eigenvalue weighted by molar-refractivity contribution is 7.17. The lowest BCUT2D eigenvalue weighted by Gasteiger charge is -2.07. The Morgan fingerprint density at radius 1 is 1.21 bits per heavy atom. The van der Waals surface area contributed by atoms with E-state index in [1.165, 1.54) is 18.1 Å². The summed E-state index contributed by atoms with van der Waals surface area (Å²) < 4.78 is 4.63. The number of rotatable bonds is 4. The maximum absolute atomic E-state index is 12.3. The highest BCUT2D eigenvalue weighted by Gasteiger charge is 2.18. The Hall–Kier alpha value is -2.74. The average Bonchev–Trinajstić information content (AvgIpc) is 2.93. The van der Waals surface area contributed by atoms with Gasteiger partial charge in [0.05, 0.1) is 18.4 Å². The summed E-state index contributed by atoms with van der Waals surface area (Å²) in [6.07, 6.45) is 0. The third-order valence-electron chi connectivity index (χ3n) is 3.16. The fourth-order valence-corrected chi connectivity index (χ4v) is 2.91. The van der Waals surface area contributed by atoms with Crippen molar-refractivity contribution in [3.63, 3.8) is 0 Å². The van der Waals surface area contributed by atoms with Crippen LogP contribution in [0.25, 0.3) is 0 Å². The van der Waals surface area contributed by atoms with Gasteiger partial charge in [-0.25, -0.2) is 9.78 Å². The van der Waals surface area contributed by atoms with Crippen LogP contribution in [-0.2, 0) is 4.74 Å². The number of benzene rings is 1. The van der Waals surface area contributed by atoms with Crippen molar-refractivity contribution in [2.24, 2.45) is 0 Å². The average molecular weight is 347 g/mol. The van der Waals surface area contributed by atoms with Crippen LogP contribution in [0.3, 0.4) is 0 Å². The summed E-state index contributed by atoms with van der Waals surface area (Å²) in [4.78, 5) is 42.0. The van der Waals surface area contributed by atoms with Crippen LogP contribution in [0.4, 0.5) is 5.13 Å². The Balaban J connectivity index is 2.20. The normalized spacial score (nSPS) is 10.2. The van der Waals surface area contributed by atoms with Gasteiger partial charge in [-0.1, -0.05) is 17.4 Å². The molecule has 0 unspecified atom stereocenters. The summed E-state index contributed by atoms with van der Waals surface area (Å²) >= 11 is 1.11. The first-order valence-corrected chi connectivity index (χ1v) is 7.84. The molecule has 7 nitrogen and oxygen atoms in total. The van der Waals surface area contributed by atoms with E-state index in [-0.39, 0.29) is 11.5 Å². The number of carbonyl (C=O) groups excluding carboxylic acids is 3. The lowest BCUT2D eigenvalue weighted by molar-refractivity contribution is 0.0600. The van der Waals surface area contributed by atoms with Gasteiger partial charge in [0.2, 0.25) is 0 Å². The molecular weight excluding hydrogens is 330 g/mol. The monoisotopic (exact) mass is 347 g/mol. The van der Waals surface area contributed by atoms with Gasteiger partial charge in [-0.15, -0.1) is 0 Å². The van der Waals surface area contributed by atoms with E-state index in [0.717, 1.165) is 11.3 Å². The van der Waals surface area contributed by atoms with E-state index in [4.69, 9.17) is 0 Å². The van der Waals surface area contributed by atoms with Gasteiger partial charge in [0, 0.05) is 19.7 Å². The number of ether oxygens (including phenoxy) is 1. The quantitative estimate of drug-likeness (QED) is 0.857. The molecule has 1 aromatic heterocycles. The first-order chi connectivity index (χ1) is 11.3. The zero-order chi connectivity index (χ0) is 17.9. The topological polar surface area (TPSA) is 88.6 Å². The predicted octanol–water partition coefficient (Wildman–Crippen LogP) is 2.19. The van der Waals surface area contributed by atoms with Crippen LogP contribution in [0.15, 0.2) is 24.3 Å². The highest BCUT2D eigenvalue weighted by Crippen LogP contribution is 2.24. The zero-order valence-electron chi connectivity index (χ0n) is 13.7. The fourth-order valence-electron chi connectivity index (χ4n) is 1.93.